The SMILES string of the molecule is Cc1cc(C)nc(C#CCN)n1. The van der Waals surface area contributed by atoms with E-state index in [4.69, 9.17) is 5.73 Å². The van der Waals surface area contributed by atoms with E-state index in [2.05, 4.69) is 21.8 Å². The summed E-state index contributed by atoms with van der Waals surface area (Å²) in [6.45, 7) is 4.18. The van der Waals surface area contributed by atoms with E-state index in [1.807, 2.05) is 19.9 Å². The van der Waals surface area contributed by atoms with Gasteiger partial charge in [0.05, 0.1) is 6.54 Å². The molecule has 0 aliphatic heterocycles. The molecule has 0 saturated carbocycles. The molecular weight excluding hydrogens is 150 g/mol. The van der Waals surface area contributed by atoms with Gasteiger partial charge in [-0.2, -0.15) is 0 Å². The lowest BCUT2D eigenvalue weighted by atomic mass is 10.3. The summed E-state index contributed by atoms with van der Waals surface area (Å²) in [5.74, 6) is 6.05. The second-order valence-corrected chi connectivity index (χ2v) is 2.48. The first-order valence-electron chi connectivity index (χ1n) is 3.73. The third kappa shape index (κ3) is 2.33. The Hall–Kier alpha value is -1.40. The molecule has 0 radical (unpaired) electrons. The third-order valence-electron chi connectivity index (χ3n) is 1.28. The molecule has 0 spiro atoms. The fraction of sp³-hybridized carbons (Fsp3) is 0.333. The van der Waals surface area contributed by atoms with Gasteiger partial charge in [-0.3, -0.25) is 0 Å². The molecule has 3 heteroatoms. The Morgan fingerprint density at radius 2 is 1.92 bits per heavy atom. The third-order valence-corrected chi connectivity index (χ3v) is 1.28. The normalized spacial score (nSPS) is 8.92. The Bertz CT molecular complexity index is 313. The van der Waals surface area contributed by atoms with Gasteiger partial charge in [-0.15, -0.1) is 0 Å². The molecular formula is C9H11N3. The lowest BCUT2D eigenvalue weighted by Gasteiger charge is -1.95. The van der Waals surface area contributed by atoms with Crippen LogP contribution in [0.15, 0.2) is 6.07 Å². The van der Waals surface area contributed by atoms with Crippen LogP contribution < -0.4 is 5.73 Å². The first kappa shape index (κ1) is 8.69. The minimum absolute atomic E-state index is 0.344. The van der Waals surface area contributed by atoms with E-state index in [0.29, 0.717) is 12.4 Å². The predicted molar refractivity (Wildman–Crippen MR) is 47.4 cm³/mol. The van der Waals surface area contributed by atoms with E-state index >= 15 is 0 Å². The average molecular weight is 161 g/mol. The van der Waals surface area contributed by atoms with Crippen molar-refractivity contribution in [2.24, 2.45) is 5.73 Å². The van der Waals surface area contributed by atoms with Crippen LogP contribution in [0.3, 0.4) is 0 Å². The van der Waals surface area contributed by atoms with Gasteiger partial charge in [0.2, 0.25) is 5.82 Å². The second-order valence-electron chi connectivity index (χ2n) is 2.48. The highest BCUT2D eigenvalue weighted by Crippen LogP contribution is 1.97. The Balaban J connectivity index is 3.01. The summed E-state index contributed by atoms with van der Waals surface area (Å²) in [6, 6.07) is 1.91. The van der Waals surface area contributed by atoms with Crippen LogP contribution in [0.25, 0.3) is 0 Å². The first-order chi connectivity index (χ1) is 5.72. The largest absolute Gasteiger partial charge is 0.320 e. The molecule has 2 N–H and O–H groups in total. The average Bonchev–Trinajstić information content (AvgIpc) is 1.99. The Morgan fingerprint density at radius 1 is 1.33 bits per heavy atom. The maximum atomic E-state index is 5.22. The maximum absolute atomic E-state index is 5.22. The van der Waals surface area contributed by atoms with Gasteiger partial charge >= 0.3 is 0 Å². The summed E-state index contributed by atoms with van der Waals surface area (Å²) >= 11 is 0. The highest BCUT2D eigenvalue weighted by molar-refractivity contribution is 5.23. The van der Waals surface area contributed by atoms with Crippen LogP contribution in [0, 0.1) is 25.7 Å². The zero-order valence-corrected chi connectivity index (χ0v) is 7.26. The molecule has 0 atom stereocenters. The van der Waals surface area contributed by atoms with Crippen molar-refractivity contribution >= 4 is 0 Å². The minimum atomic E-state index is 0.344. The van der Waals surface area contributed by atoms with Crippen LogP contribution in [0.4, 0.5) is 0 Å². The quantitative estimate of drug-likeness (QED) is 0.560. The molecule has 0 saturated heterocycles. The molecule has 1 aromatic rings. The van der Waals surface area contributed by atoms with Crippen LogP contribution >= 0.6 is 0 Å². The molecule has 0 aliphatic carbocycles. The standard InChI is InChI=1S/C9H11N3/c1-7-6-8(2)12-9(11-7)4-3-5-10/h6H,5,10H2,1-2H3. The predicted octanol–water partition coefficient (Wildman–Crippen LogP) is 0.404. The molecule has 0 bridgehead atoms. The number of hydrogen-bond acceptors (Lipinski definition) is 3. The van der Waals surface area contributed by atoms with Crippen molar-refractivity contribution in [1.29, 1.82) is 0 Å². The number of aryl methyl sites for hydroxylation is 2. The highest BCUT2D eigenvalue weighted by Gasteiger charge is 1.93. The van der Waals surface area contributed by atoms with Gasteiger partial charge in [0.1, 0.15) is 0 Å². The van der Waals surface area contributed by atoms with Crippen molar-refractivity contribution in [2.75, 3.05) is 6.54 Å². The Labute approximate surface area is 72.0 Å². The lowest BCUT2D eigenvalue weighted by molar-refractivity contribution is 1.03. The van der Waals surface area contributed by atoms with Crippen LogP contribution in [0.5, 0.6) is 0 Å². The Kier molecular flexibility index (Phi) is 2.78. The molecule has 1 heterocycles. The number of rotatable bonds is 0. The van der Waals surface area contributed by atoms with Gasteiger partial charge in [-0.05, 0) is 25.8 Å². The number of nitrogens with two attached hydrogens (primary N) is 1. The van der Waals surface area contributed by atoms with E-state index in [-0.39, 0.29) is 0 Å². The summed E-state index contributed by atoms with van der Waals surface area (Å²) in [5, 5.41) is 0. The van der Waals surface area contributed by atoms with Gasteiger partial charge in [-0.1, -0.05) is 5.92 Å². The van der Waals surface area contributed by atoms with Gasteiger partial charge in [0, 0.05) is 11.4 Å². The molecule has 62 valence electrons. The molecule has 0 unspecified atom stereocenters. The van der Waals surface area contributed by atoms with Crippen LogP contribution in [0.2, 0.25) is 0 Å². The van der Waals surface area contributed by atoms with Crippen molar-refractivity contribution in [3.63, 3.8) is 0 Å². The van der Waals surface area contributed by atoms with Gasteiger partial charge in [-0.25, -0.2) is 9.97 Å². The van der Waals surface area contributed by atoms with Crippen LogP contribution in [-0.4, -0.2) is 16.5 Å². The fourth-order valence-electron chi connectivity index (χ4n) is 0.912. The van der Waals surface area contributed by atoms with Crippen molar-refractivity contribution < 1.29 is 0 Å². The van der Waals surface area contributed by atoms with Crippen molar-refractivity contribution in [3.05, 3.63) is 23.3 Å². The summed E-state index contributed by atoms with van der Waals surface area (Å²) in [6.07, 6.45) is 0. The molecule has 0 aliphatic rings. The van der Waals surface area contributed by atoms with Gasteiger partial charge < -0.3 is 5.73 Å². The molecule has 12 heavy (non-hydrogen) atoms. The monoisotopic (exact) mass is 161 g/mol. The van der Waals surface area contributed by atoms with E-state index in [1.165, 1.54) is 0 Å². The fourth-order valence-corrected chi connectivity index (χ4v) is 0.912. The van der Waals surface area contributed by atoms with Crippen molar-refractivity contribution in [2.45, 2.75) is 13.8 Å². The summed E-state index contributed by atoms with van der Waals surface area (Å²) in [5.41, 5.74) is 7.09. The maximum Gasteiger partial charge on any atom is 0.205 e. The van der Waals surface area contributed by atoms with Gasteiger partial charge in [0.25, 0.3) is 0 Å². The number of hydrogen-bond donors (Lipinski definition) is 1. The zero-order valence-electron chi connectivity index (χ0n) is 7.26. The summed E-state index contributed by atoms with van der Waals surface area (Å²) < 4.78 is 0. The molecule has 1 rings (SSSR count). The summed E-state index contributed by atoms with van der Waals surface area (Å²) in [7, 11) is 0. The molecule has 1 aromatic heterocycles. The van der Waals surface area contributed by atoms with E-state index in [1.54, 1.807) is 0 Å². The number of aromatic nitrogens is 2. The highest BCUT2D eigenvalue weighted by atomic mass is 14.9. The van der Waals surface area contributed by atoms with Gasteiger partial charge in [0.15, 0.2) is 0 Å². The number of nitrogens with zero attached hydrogens (tertiary/aromatic N) is 2. The van der Waals surface area contributed by atoms with Crippen LogP contribution in [0.1, 0.15) is 17.2 Å². The second kappa shape index (κ2) is 3.84. The molecule has 3 nitrogen and oxygen atoms in total. The Morgan fingerprint density at radius 3 is 2.42 bits per heavy atom. The zero-order chi connectivity index (χ0) is 8.97. The van der Waals surface area contributed by atoms with E-state index in [0.717, 1.165) is 11.4 Å². The molecule has 0 fully saturated rings. The molecule has 0 aromatic carbocycles. The topological polar surface area (TPSA) is 51.8 Å². The minimum Gasteiger partial charge on any atom is -0.320 e. The van der Waals surface area contributed by atoms with E-state index < -0.39 is 0 Å². The summed E-state index contributed by atoms with van der Waals surface area (Å²) in [4.78, 5) is 8.26. The molecule has 0 amide bonds. The smallest absolute Gasteiger partial charge is 0.205 e. The van der Waals surface area contributed by atoms with Crippen LogP contribution in [-0.2, 0) is 0 Å². The first-order valence-corrected chi connectivity index (χ1v) is 3.73. The lowest BCUT2D eigenvalue weighted by Crippen LogP contribution is -1.97. The van der Waals surface area contributed by atoms with Crippen molar-refractivity contribution in [1.82, 2.24) is 9.97 Å². The van der Waals surface area contributed by atoms with Crippen molar-refractivity contribution in [3.8, 4) is 11.8 Å². The van der Waals surface area contributed by atoms with E-state index in [9.17, 15) is 0 Å².